The van der Waals surface area contributed by atoms with Gasteiger partial charge in [-0.15, -0.1) is 0 Å². The standard InChI is InChI=1S/C28H26O6/c1-30-20-14-12-19(13-15-20)25-21-10-6-7-11-22(21)34-27(26(25)28(29)31-2)23-17-32-24(33-23)16-18-8-4-3-5-9-18/h3-15,17,24-27H,16H2,1-2H3. The van der Waals surface area contributed by atoms with Gasteiger partial charge >= 0.3 is 5.97 Å². The van der Waals surface area contributed by atoms with Crippen molar-refractivity contribution in [1.29, 1.82) is 0 Å². The molecule has 0 spiro atoms. The number of hydrogen-bond donors (Lipinski definition) is 0. The Bertz CT molecular complexity index is 1170. The molecule has 0 aliphatic carbocycles. The van der Waals surface area contributed by atoms with Crippen LogP contribution < -0.4 is 9.47 Å². The van der Waals surface area contributed by atoms with E-state index in [0.717, 1.165) is 22.4 Å². The number of carbonyl (C=O) groups excluding carboxylic acids is 1. The van der Waals surface area contributed by atoms with E-state index in [2.05, 4.69) is 0 Å². The van der Waals surface area contributed by atoms with Gasteiger partial charge in [0, 0.05) is 17.9 Å². The minimum atomic E-state index is -0.699. The van der Waals surface area contributed by atoms with Crippen LogP contribution in [0.5, 0.6) is 11.5 Å². The quantitative estimate of drug-likeness (QED) is 0.493. The highest BCUT2D eigenvalue weighted by Crippen LogP contribution is 2.47. The molecule has 0 aromatic heterocycles. The van der Waals surface area contributed by atoms with Gasteiger partial charge in [0.15, 0.2) is 11.9 Å². The number of methoxy groups -OCH3 is 2. The number of hydrogen-bond acceptors (Lipinski definition) is 6. The predicted octanol–water partition coefficient (Wildman–Crippen LogP) is 4.83. The molecule has 174 valence electrons. The van der Waals surface area contributed by atoms with E-state index in [1.54, 1.807) is 13.4 Å². The van der Waals surface area contributed by atoms with Gasteiger partial charge in [-0.3, -0.25) is 4.79 Å². The minimum absolute atomic E-state index is 0.300. The van der Waals surface area contributed by atoms with Crippen LogP contribution in [0.3, 0.4) is 0 Å². The fraction of sp³-hybridized carbons (Fsp3) is 0.250. The van der Waals surface area contributed by atoms with E-state index in [-0.39, 0.29) is 11.9 Å². The van der Waals surface area contributed by atoms with Crippen molar-refractivity contribution in [3.05, 3.63) is 108 Å². The van der Waals surface area contributed by atoms with Crippen LogP contribution in [0.1, 0.15) is 22.6 Å². The third-order valence-electron chi connectivity index (χ3n) is 6.27. The van der Waals surface area contributed by atoms with Crippen LogP contribution in [0.15, 0.2) is 90.9 Å². The zero-order chi connectivity index (χ0) is 23.5. The Morgan fingerprint density at radius 1 is 0.882 bits per heavy atom. The molecule has 0 saturated heterocycles. The van der Waals surface area contributed by atoms with E-state index in [1.807, 2.05) is 78.9 Å². The first-order valence-electron chi connectivity index (χ1n) is 11.2. The van der Waals surface area contributed by atoms with Gasteiger partial charge in [0.25, 0.3) is 0 Å². The van der Waals surface area contributed by atoms with E-state index < -0.39 is 18.3 Å². The summed E-state index contributed by atoms with van der Waals surface area (Å²) >= 11 is 0. The zero-order valence-corrected chi connectivity index (χ0v) is 19.0. The number of ether oxygens (including phenoxy) is 5. The highest BCUT2D eigenvalue weighted by atomic mass is 16.7. The predicted molar refractivity (Wildman–Crippen MR) is 125 cm³/mol. The Morgan fingerprint density at radius 2 is 1.62 bits per heavy atom. The molecule has 0 amide bonds. The topological polar surface area (TPSA) is 63.2 Å². The van der Waals surface area contributed by atoms with Crippen molar-refractivity contribution in [3.8, 4) is 11.5 Å². The lowest BCUT2D eigenvalue weighted by molar-refractivity contribution is -0.150. The second kappa shape index (κ2) is 9.51. The summed E-state index contributed by atoms with van der Waals surface area (Å²) in [6.45, 7) is 0. The first-order valence-corrected chi connectivity index (χ1v) is 11.2. The Balaban J connectivity index is 1.49. The average Bonchev–Trinajstić information content (AvgIpc) is 3.36. The first kappa shape index (κ1) is 21.9. The number of benzene rings is 3. The molecule has 0 bridgehead atoms. The summed E-state index contributed by atoms with van der Waals surface area (Å²) in [5.74, 6) is 0.573. The van der Waals surface area contributed by atoms with Crippen molar-refractivity contribution >= 4 is 5.97 Å². The van der Waals surface area contributed by atoms with E-state index in [0.29, 0.717) is 17.9 Å². The van der Waals surface area contributed by atoms with Gasteiger partial charge in [-0.05, 0) is 29.3 Å². The lowest BCUT2D eigenvalue weighted by atomic mass is 9.75. The molecule has 2 aliphatic heterocycles. The molecule has 3 aromatic carbocycles. The highest BCUT2D eigenvalue weighted by Gasteiger charge is 2.48. The SMILES string of the molecule is COC(=O)C1C(C2=COC(Cc3ccccc3)O2)Oc2ccccc2C1c1ccc(OC)cc1. The molecule has 0 radical (unpaired) electrons. The van der Waals surface area contributed by atoms with E-state index >= 15 is 0 Å². The Morgan fingerprint density at radius 3 is 2.35 bits per heavy atom. The molecule has 6 nitrogen and oxygen atoms in total. The Labute approximate surface area is 198 Å². The van der Waals surface area contributed by atoms with Gasteiger partial charge in [-0.25, -0.2) is 0 Å². The monoisotopic (exact) mass is 458 g/mol. The molecule has 0 fully saturated rings. The molecule has 4 unspecified atom stereocenters. The van der Waals surface area contributed by atoms with E-state index in [4.69, 9.17) is 23.7 Å². The maximum absolute atomic E-state index is 13.2. The maximum atomic E-state index is 13.2. The summed E-state index contributed by atoms with van der Waals surface area (Å²) in [5, 5.41) is 0. The van der Waals surface area contributed by atoms with Crippen LogP contribution in [-0.4, -0.2) is 32.6 Å². The van der Waals surface area contributed by atoms with Crippen LogP contribution in [-0.2, 0) is 25.4 Å². The fourth-order valence-corrected chi connectivity index (χ4v) is 4.63. The molecule has 5 rings (SSSR count). The van der Waals surface area contributed by atoms with Gasteiger partial charge in [0.2, 0.25) is 6.29 Å². The van der Waals surface area contributed by atoms with Crippen molar-refractivity contribution in [2.75, 3.05) is 14.2 Å². The Kier molecular flexibility index (Phi) is 6.12. The second-order valence-corrected chi connectivity index (χ2v) is 8.27. The average molecular weight is 459 g/mol. The molecule has 34 heavy (non-hydrogen) atoms. The highest BCUT2D eigenvalue weighted by molar-refractivity contribution is 5.77. The van der Waals surface area contributed by atoms with Gasteiger partial charge in [0.05, 0.1) is 14.2 Å². The third kappa shape index (κ3) is 4.19. The third-order valence-corrected chi connectivity index (χ3v) is 6.27. The number of esters is 1. The lowest BCUT2D eigenvalue weighted by Crippen LogP contribution is -2.43. The van der Waals surface area contributed by atoms with Crippen LogP contribution in [0.4, 0.5) is 0 Å². The van der Waals surface area contributed by atoms with Gasteiger partial charge in [-0.2, -0.15) is 0 Å². The summed E-state index contributed by atoms with van der Waals surface area (Å²) in [4.78, 5) is 13.2. The van der Waals surface area contributed by atoms with E-state index in [1.165, 1.54) is 7.11 Å². The summed E-state index contributed by atoms with van der Waals surface area (Å²) in [7, 11) is 3.02. The summed E-state index contributed by atoms with van der Waals surface area (Å²) < 4.78 is 28.9. The number of fused-ring (bicyclic) bond motifs is 1. The van der Waals surface area contributed by atoms with Crippen molar-refractivity contribution < 1.29 is 28.5 Å². The molecular formula is C28H26O6. The maximum Gasteiger partial charge on any atom is 0.313 e. The molecular weight excluding hydrogens is 432 g/mol. The summed E-state index contributed by atoms with van der Waals surface area (Å²) in [6, 6.07) is 25.4. The van der Waals surface area contributed by atoms with Crippen molar-refractivity contribution in [2.24, 2.45) is 5.92 Å². The Hall–Kier alpha value is -3.93. The molecule has 6 heteroatoms. The van der Waals surface area contributed by atoms with Crippen LogP contribution in [0.2, 0.25) is 0 Å². The first-order chi connectivity index (χ1) is 16.7. The van der Waals surface area contributed by atoms with Gasteiger partial charge < -0.3 is 23.7 Å². The molecule has 4 atom stereocenters. The second-order valence-electron chi connectivity index (χ2n) is 8.27. The zero-order valence-electron chi connectivity index (χ0n) is 19.0. The van der Waals surface area contributed by atoms with Crippen molar-refractivity contribution in [1.82, 2.24) is 0 Å². The van der Waals surface area contributed by atoms with Crippen LogP contribution in [0, 0.1) is 5.92 Å². The summed E-state index contributed by atoms with van der Waals surface area (Å²) in [5.41, 5.74) is 2.97. The normalized spacial score (nSPS) is 22.9. The number of carbonyl (C=O) groups is 1. The summed E-state index contributed by atoms with van der Waals surface area (Å²) in [6.07, 6.45) is 0.952. The smallest absolute Gasteiger partial charge is 0.313 e. The van der Waals surface area contributed by atoms with Gasteiger partial charge in [0.1, 0.15) is 23.7 Å². The molecule has 0 N–H and O–H groups in total. The van der Waals surface area contributed by atoms with Gasteiger partial charge in [-0.1, -0.05) is 60.7 Å². The largest absolute Gasteiger partial charge is 0.497 e. The molecule has 2 heterocycles. The van der Waals surface area contributed by atoms with Crippen molar-refractivity contribution in [2.45, 2.75) is 24.7 Å². The number of para-hydroxylation sites is 1. The minimum Gasteiger partial charge on any atom is -0.497 e. The lowest BCUT2D eigenvalue weighted by Gasteiger charge is -2.38. The molecule has 0 saturated carbocycles. The molecule has 3 aromatic rings. The fourth-order valence-electron chi connectivity index (χ4n) is 4.63. The van der Waals surface area contributed by atoms with Crippen LogP contribution in [0.25, 0.3) is 0 Å². The van der Waals surface area contributed by atoms with Crippen molar-refractivity contribution in [3.63, 3.8) is 0 Å². The molecule has 2 aliphatic rings. The van der Waals surface area contributed by atoms with E-state index in [9.17, 15) is 4.79 Å². The number of rotatable bonds is 6. The van der Waals surface area contributed by atoms with Crippen LogP contribution >= 0.6 is 0 Å².